The zero-order valence-corrected chi connectivity index (χ0v) is 23.7. The number of thiophene rings is 1. The standard InChI is InChI=1S/C38H36S/c1-2-3-4-5-6-7-8-10-15-29-18-20-31-24-35-36-25-32-21-19-30(17-16-28-13-11-9-12-14-28)23-34(32)27-38(36)39-37(35)26-33(31)22-29/h9,11-14,18-27H,2-8,10,15H2,1H3. The molecule has 194 valence electrons. The molecule has 39 heavy (non-hydrogen) atoms. The van der Waals surface area contributed by atoms with E-state index in [0.717, 1.165) is 11.1 Å². The van der Waals surface area contributed by atoms with Gasteiger partial charge in [-0.15, -0.1) is 11.3 Å². The van der Waals surface area contributed by atoms with Crippen molar-refractivity contribution in [1.82, 2.24) is 0 Å². The molecule has 0 unspecified atom stereocenters. The van der Waals surface area contributed by atoms with Crippen LogP contribution in [0.25, 0.3) is 41.7 Å². The van der Waals surface area contributed by atoms with E-state index in [2.05, 4.69) is 91.6 Å². The molecule has 0 atom stereocenters. The van der Waals surface area contributed by atoms with Crippen LogP contribution < -0.4 is 0 Å². The number of unbranched alkanes of at least 4 members (excludes halogenated alkanes) is 7. The Balaban J connectivity index is 1.22. The second-order valence-corrected chi connectivity index (χ2v) is 12.0. The molecule has 1 heterocycles. The van der Waals surface area contributed by atoms with E-state index in [1.54, 1.807) is 0 Å². The monoisotopic (exact) mass is 524 g/mol. The van der Waals surface area contributed by atoms with Crippen molar-refractivity contribution in [3.63, 3.8) is 0 Å². The Bertz CT molecular complexity index is 1790. The van der Waals surface area contributed by atoms with Crippen LogP contribution in [0.1, 0.15) is 75.0 Å². The highest BCUT2D eigenvalue weighted by Crippen LogP contribution is 2.39. The van der Waals surface area contributed by atoms with Gasteiger partial charge in [-0.05, 0) is 88.5 Å². The van der Waals surface area contributed by atoms with Crippen molar-refractivity contribution in [2.75, 3.05) is 0 Å². The van der Waals surface area contributed by atoms with Gasteiger partial charge in [-0.1, -0.05) is 106 Å². The Morgan fingerprint density at radius 1 is 0.513 bits per heavy atom. The van der Waals surface area contributed by atoms with Gasteiger partial charge in [0.1, 0.15) is 0 Å². The molecule has 0 amide bonds. The fourth-order valence-electron chi connectivity index (χ4n) is 5.67. The van der Waals surface area contributed by atoms with Crippen LogP contribution in [0.2, 0.25) is 0 Å². The molecule has 6 aromatic rings. The lowest BCUT2D eigenvalue weighted by molar-refractivity contribution is 0.575. The predicted octanol–water partition coefficient (Wildman–Crippen LogP) is 11.4. The third-order valence-corrected chi connectivity index (χ3v) is 9.01. The Morgan fingerprint density at radius 2 is 1.13 bits per heavy atom. The molecule has 0 aliphatic rings. The maximum atomic E-state index is 3.34. The van der Waals surface area contributed by atoms with Gasteiger partial charge < -0.3 is 0 Å². The Morgan fingerprint density at radius 3 is 1.85 bits per heavy atom. The van der Waals surface area contributed by atoms with E-state index in [1.807, 2.05) is 29.5 Å². The van der Waals surface area contributed by atoms with Crippen LogP contribution in [0.3, 0.4) is 0 Å². The molecule has 0 spiro atoms. The van der Waals surface area contributed by atoms with Gasteiger partial charge in [-0.25, -0.2) is 0 Å². The molecule has 0 radical (unpaired) electrons. The molecule has 0 fully saturated rings. The van der Waals surface area contributed by atoms with Gasteiger partial charge >= 0.3 is 0 Å². The van der Waals surface area contributed by atoms with Crippen molar-refractivity contribution in [3.05, 3.63) is 108 Å². The summed E-state index contributed by atoms with van der Waals surface area (Å²) in [6.07, 6.45) is 12.2. The van der Waals surface area contributed by atoms with E-state index < -0.39 is 0 Å². The lowest BCUT2D eigenvalue weighted by Gasteiger charge is -2.05. The lowest BCUT2D eigenvalue weighted by atomic mass is 9.99. The largest absolute Gasteiger partial charge is 0.135 e. The SMILES string of the molecule is CCCCCCCCCCc1ccc2cc3c(cc2c1)sc1cc2cc(C#Cc4ccccc4)ccc2cc13. The average Bonchev–Trinajstić information content (AvgIpc) is 3.31. The predicted molar refractivity (Wildman–Crippen MR) is 173 cm³/mol. The minimum atomic E-state index is 1.05. The highest BCUT2D eigenvalue weighted by Gasteiger charge is 2.09. The van der Waals surface area contributed by atoms with Gasteiger partial charge in [0.2, 0.25) is 0 Å². The first-order valence-corrected chi connectivity index (χ1v) is 15.5. The van der Waals surface area contributed by atoms with E-state index >= 15 is 0 Å². The van der Waals surface area contributed by atoms with Crippen molar-refractivity contribution >= 4 is 53.1 Å². The van der Waals surface area contributed by atoms with Crippen molar-refractivity contribution in [2.24, 2.45) is 0 Å². The molecule has 0 aliphatic heterocycles. The summed E-state index contributed by atoms with van der Waals surface area (Å²) in [6.45, 7) is 2.29. The minimum absolute atomic E-state index is 1.05. The molecule has 0 aliphatic carbocycles. The molecule has 1 heteroatoms. The highest BCUT2D eigenvalue weighted by atomic mass is 32.1. The number of rotatable bonds is 9. The molecular formula is C38H36S. The first-order valence-electron chi connectivity index (χ1n) is 14.7. The van der Waals surface area contributed by atoms with Crippen LogP contribution in [0, 0.1) is 11.8 Å². The van der Waals surface area contributed by atoms with E-state index in [9.17, 15) is 0 Å². The molecule has 6 rings (SSSR count). The first kappa shape index (κ1) is 25.7. The summed E-state index contributed by atoms with van der Waals surface area (Å²) in [7, 11) is 0. The summed E-state index contributed by atoms with van der Waals surface area (Å²) < 4.78 is 2.72. The zero-order chi connectivity index (χ0) is 26.4. The van der Waals surface area contributed by atoms with E-state index in [1.165, 1.54) is 105 Å². The maximum Gasteiger partial charge on any atom is 0.0361 e. The molecule has 0 nitrogen and oxygen atoms in total. The summed E-state index contributed by atoms with van der Waals surface area (Å²) in [6, 6.07) is 33.4. The Hall–Kier alpha value is -3.60. The van der Waals surface area contributed by atoms with E-state index in [0.29, 0.717) is 0 Å². The van der Waals surface area contributed by atoms with Crippen molar-refractivity contribution in [2.45, 2.75) is 64.7 Å². The number of fused-ring (bicyclic) bond motifs is 5. The molecule has 0 saturated carbocycles. The van der Waals surface area contributed by atoms with Crippen LogP contribution in [0.15, 0.2) is 91.0 Å². The number of aryl methyl sites for hydroxylation is 1. The van der Waals surface area contributed by atoms with Gasteiger partial charge in [0.25, 0.3) is 0 Å². The second-order valence-electron chi connectivity index (χ2n) is 10.9. The van der Waals surface area contributed by atoms with Gasteiger partial charge in [0, 0.05) is 31.3 Å². The minimum Gasteiger partial charge on any atom is -0.135 e. The third kappa shape index (κ3) is 6.03. The van der Waals surface area contributed by atoms with Gasteiger partial charge in [0.15, 0.2) is 0 Å². The van der Waals surface area contributed by atoms with Gasteiger partial charge in [-0.2, -0.15) is 0 Å². The molecule has 0 N–H and O–H groups in total. The lowest BCUT2D eigenvalue weighted by Crippen LogP contribution is -1.87. The maximum absolute atomic E-state index is 3.34. The van der Waals surface area contributed by atoms with Crippen LogP contribution in [0.5, 0.6) is 0 Å². The molecule has 5 aromatic carbocycles. The topological polar surface area (TPSA) is 0 Å². The smallest absolute Gasteiger partial charge is 0.0361 e. The average molecular weight is 525 g/mol. The number of benzene rings is 5. The summed E-state index contributed by atoms with van der Waals surface area (Å²) >= 11 is 1.91. The zero-order valence-electron chi connectivity index (χ0n) is 22.9. The first-order chi connectivity index (χ1) is 19.3. The van der Waals surface area contributed by atoms with Crippen molar-refractivity contribution < 1.29 is 0 Å². The number of hydrogen-bond acceptors (Lipinski definition) is 1. The van der Waals surface area contributed by atoms with Crippen LogP contribution >= 0.6 is 11.3 Å². The molecule has 0 bridgehead atoms. The summed E-state index contributed by atoms with van der Waals surface area (Å²) in [5.41, 5.74) is 3.58. The molecule has 1 aromatic heterocycles. The van der Waals surface area contributed by atoms with Gasteiger partial charge in [-0.3, -0.25) is 0 Å². The second kappa shape index (κ2) is 12.1. The summed E-state index contributed by atoms with van der Waals surface area (Å²) in [5, 5.41) is 7.96. The third-order valence-electron chi connectivity index (χ3n) is 7.90. The van der Waals surface area contributed by atoms with Gasteiger partial charge in [0.05, 0.1) is 0 Å². The molecule has 0 saturated heterocycles. The highest BCUT2D eigenvalue weighted by molar-refractivity contribution is 7.26. The van der Waals surface area contributed by atoms with Crippen LogP contribution in [-0.4, -0.2) is 0 Å². The van der Waals surface area contributed by atoms with E-state index in [-0.39, 0.29) is 0 Å². The van der Waals surface area contributed by atoms with Crippen molar-refractivity contribution in [1.29, 1.82) is 0 Å². The normalized spacial score (nSPS) is 11.4. The number of hydrogen-bond donors (Lipinski definition) is 0. The van der Waals surface area contributed by atoms with Crippen LogP contribution in [-0.2, 0) is 6.42 Å². The Labute approximate surface area is 236 Å². The summed E-state index contributed by atoms with van der Waals surface area (Å²) in [5.74, 6) is 6.63. The Kier molecular flexibility index (Phi) is 7.94. The van der Waals surface area contributed by atoms with Crippen LogP contribution in [0.4, 0.5) is 0 Å². The molecular weight excluding hydrogens is 488 g/mol. The quantitative estimate of drug-likeness (QED) is 0.130. The summed E-state index contributed by atoms with van der Waals surface area (Å²) in [4.78, 5) is 0. The van der Waals surface area contributed by atoms with E-state index in [4.69, 9.17) is 0 Å². The van der Waals surface area contributed by atoms with Crippen molar-refractivity contribution in [3.8, 4) is 11.8 Å². The fourth-order valence-corrected chi connectivity index (χ4v) is 6.84. The fraction of sp³-hybridized carbons (Fsp3) is 0.263.